The summed E-state index contributed by atoms with van der Waals surface area (Å²) in [5, 5.41) is 3.64. The molecule has 3 nitrogen and oxygen atoms in total. The predicted molar refractivity (Wildman–Crippen MR) is 69.0 cm³/mol. The van der Waals surface area contributed by atoms with Gasteiger partial charge in [-0.05, 0) is 37.5 Å². The summed E-state index contributed by atoms with van der Waals surface area (Å²) >= 11 is 5.86. The van der Waals surface area contributed by atoms with Gasteiger partial charge in [0.15, 0.2) is 0 Å². The molecule has 0 heterocycles. The standard InChI is InChI=1S/C13H17ClN2O/c1-9(15)12(17)16-8-13(6-7-13)10-2-4-11(14)5-3-10/h2-5,9H,6-8,15H2,1H3,(H,16,17)/t9-/m1/s1. The molecule has 1 aromatic rings. The van der Waals surface area contributed by atoms with Crippen LogP contribution in [0.4, 0.5) is 0 Å². The van der Waals surface area contributed by atoms with Crippen LogP contribution in [0.5, 0.6) is 0 Å². The van der Waals surface area contributed by atoms with E-state index in [9.17, 15) is 4.79 Å². The van der Waals surface area contributed by atoms with Crippen LogP contribution < -0.4 is 11.1 Å². The number of amides is 1. The maximum Gasteiger partial charge on any atom is 0.236 e. The van der Waals surface area contributed by atoms with E-state index in [-0.39, 0.29) is 11.3 Å². The number of carbonyl (C=O) groups is 1. The lowest BCUT2D eigenvalue weighted by atomic mass is 9.96. The summed E-state index contributed by atoms with van der Waals surface area (Å²) in [6.45, 7) is 2.35. The quantitative estimate of drug-likeness (QED) is 0.859. The second kappa shape index (κ2) is 4.67. The average molecular weight is 253 g/mol. The van der Waals surface area contributed by atoms with E-state index < -0.39 is 6.04 Å². The van der Waals surface area contributed by atoms with Gasteiger partial charge in [0.1, 0.15) is 0 Å². The SMILES string of the molecule is C[C@@H](N)C(=O)NCC1(c2ccc(Cl)cc2)CC1. The van der Waals surface area contributed by atoms with E-state index in [2.05, 4.69) is 5.32 Å². The summed E-state index contributed by atoms with van der Waals surface area (Å²) in [4.78, 5) is 11.4. The van der Waals surface area contributed by atoms with E-state index in [0.29, 0.717) is 6.54 Å². The Hall–Kier alpha value is -1.06. The van der Waals surface area contributed by atoms with Gasteiger partial charge in [-0.3, -0.25) is 4.79 Å². The second-order valence-corrected chi connectivity index (χ2v) is 5.23. The van der Waals surface area contributed by atoms with Crippen LogP contribution in [0, 0.1) is 0 Å². The highest BCUT2D eigenvalue weighted by atomic mass is 35.5. The first-order valence-electron chi connectivity index (χ1n) is 5.83. The van der Waals surface area contributed by atoms with Gasteiger partial charge in [0.2, 0.25) is 5.91 Å². The summed E-state index contributed by atoms with van der Waals surface area (Å²) in [6, 6.07) is 7.41. The third-order valence-electron chi connectivity index (χ3n) is 3.32. The third kappa shape index (κ3) is 2.79. The molecule has 0 spiro atoms. The minimum atomic E-state index is -0.448. The predicted octanol–water partition coefficient (Wildman–Crippen LogP) is 1.84. The van der Waals surface area contributed by atoms with Crippen molar-refractivity contribution in [2.75, 3.05) is 6.54 Å². The zero-order valence-electron chi connectivity index (χ0n) is 9.87. The van der Waals surface area contributed by atoms with Crippen LogP contribution in [-0.4, -0.2) is 18.5 Å². The van der Waals surface area contributed by atoms with Gasteiger partial charge in [-0.25, -0.2) is 0 Å². The smallest absolute Gasteiger partial charge is 0.236 e. The number of benzene rings is 1. The Bertz CT molecular complexity index is 410. The molecule has 3 N–H and O–H groups in total. The van der Waals surface area contributed by atoms with Crippen molar-refractivity contribution >= 4 is 17.5 Å². The van der Waals surface area contributed by atoms with Crippen molar-refractivity contribution in [2.24, 2.45) is 5.73 Å². The van der Waals surface area contributed by atoms with Crippen LogP contribution in [0.2, 0.25) is 5.02 Å². The number of halogens is 1. The van der Waals surface area contributed by atoms with E-state index in [1.165, 1.54) is 5.56 Å². The molecule has 0 aliphatic heterocycles. The Kier molecular flexibility index (Phi) is 3.40. The molecule has 2 rings (SSSR count). The molecule has 92 valence electrons. The van der Waals surface area contributed by atoms with Gasteiger partial charge in [0.25, 0.3) is 0 Å². The first kappa shape index (κ1) is 12.4. The molecule has 1 fully saturated rings. The highest BCUT2D eigenvalue weighted by Crippen LogP contribution is 2.47. The zero-order valence-corrected chi connectivity index (χ0v) is 10.6. The molecule has 1 aromatic carbocycles. The van der Waals surface area contributed by atoms with Crippen molar-refractivity contribution in [1.29, 1.82) is 0 Å². The van der Waals surface area contributed by atoms with Crippen LogP contribution in [0.15, 0.2) is 24.3 Å². The second-order valence-electron chi connectivity index (χ2n) is 4.79. The summed E-state index contributed by atoms with van der Waals surface area (Å²) in [5.41, 5.74) is 6.86. The lowest BCUT2D eigenvalue weighted by Crippen LogP contribution is -2.41. The highest BCUT2D eigenvalue weighted by molar-refractivity contribution is 6.30. The Morgan fingerprint density at radius 1 is 1.47 bits per heavy atom. The van der Waals surface area contributed by atoms with E-state index in [1.54, 1.807) is 6.92 Å². The van der Waals surface area contributed by atoms with Crippen LogP contribution in [-0.2, 0) is 10.2 Å². The molecular weight excluding hydrogens is 236 g/mol. The number of nitrogens with one attached hydrogen (secondary N) is 1. The van der Waals surface area contributed by atoms with E-state index >= 15 is 0 Å². The number of nitrogens with two attached hydrogens (primary N) is 1. The first-order chi connectivity index (χ1) is 8.03. The summed E-state index contributed by atoms with van der Waals surface area (Å²) in [7, 11) is 0. The van der Waals surface area contributed by atoms with Crippen LogP contribution >= 0.6 is 11.6 Å². The van der Waals surface area contributed by atoms with Crippen molar-refractivity contribution in [3.05, 3.63) is 34.9 Å². The minimum absolute atomic E-state index is 0.0924. The van der Waals surface area contributed by atoms with Crippen molar-refractivity contribution in [1.82, 2.24) is 5.32 Å². The Morgan fingerprint density at radius 3 is 2.53 bits per heavy atom. The number of hydrogen-bond donors (Lipinski definition) is 2. The van der Waals surface area contributed by atoms with Crippen molar-refractivity contribution < 1.29 is 4.79 Å². The monoisotopic (exact) mass is 252 g/mol. The van der Waals surface area contributed by atoms with Gasteiger partial charge in [0, 0.05) is 17.0 Å². The van der Waals surface area contributed by atoms with Gasteiger partial charge >= 0.3 is 0 Å². The molecule has 0 saturated heterocycles. The van der Waals surface area contributed by atoms with Crippen molar-refractivity contribution in [2.45, 2.75) is 31.2 Å². The molecule has 0 unspecified atom stereocenters. The molecule has 0 bridgehead atoms. The molecule has 1 amide bonds. The molecule has 1 saturated carbocycles. The largest absolute Gasteiger partial charge is 0.354 e. The average Bonchev–Trinajstić information content (AvgIpc) is 3.08. The van der Waals surface area contributed by atoms with Crippen LogP contribution in [0.25, 0.3) is 0 Å². The number of carbonyl (C=O) groups excluding carboxylic acids is 1. The normalized spacial score (nSPS) is 18.5. The first-order valence-corrected chi connectivity index (χ1v) is 6.21. The van der Waals surface area contributed by atoms with Crippen LogP contribution in [0.1, 0.15) is 25.3 Å². The van der Waals surface area contributed by atoms with E-state index in [4.69, 9.17) is 17.3 Å². The van der Waals surface area contributed by atoms with Crippen LogP contribution in [0.3, 0.4) is 0 Å². The molecule has 0 radical (unpaired) electrons. The highest BCUT2D eigenvalue weighted by Gasteiger charge is 2.44. The van der Waals surface area contributed by atoms with E-state index in [1.807, 2.05) is 24.3 Å². The van der Waals surface area contributed by atoms with Gasteiger partial charge in [0.05, 0.1) is 6.04 Å². The Balaban J connectivity index is 2.00. The molecule has 17 heavy (non-hydrogen) atoms. The molecule has 1 aliphatic carbocycles. The Labute approximate surface area is 106 Å². The van der Waals surface area contributed by atoms with Crippen molar-refractivity contribution in [3.63, 3.8) is 0 Å². The molecule has 1 aliphatic rings. The Morgan fingerprint density at radius 2 is 2.06 bits per heavy atom. The topological polar surface area (TPSA) is 55.1 Å². The molecule has 1 atom stereocenters. The minimum Gasteiger partial charge on any atom is -0.354 e. The van der Waals surface area contributed by atoms with Gasteiger partial charge in [-0.15, -0.1) is 0 Å². The molecule has 0 aromatic heterocycles. The maximum absolute atomic E-state index is 11.4. The van der Waals surface area contributed by atoms with E-state index in [0.717, 1.165) is 17.9 Å². The summed E-state index contributed by atoms with van der Waals surface area (Å²) < 4.78 is 0. The zero-order chi connectivity index (χ0) is 12.5. The van der Waals surface area contributed by atoms with Gasteiger partial charge in [-0.2, -0.15) is 0 Å². The maximum atomic E-state index is 11.4. The fraction of sp³-hybridized carbons (Fsp3) is 0.462. The summed E-state index contributed by atoms with van der Waals surface area (Å²) in [5.74, 6) is -0.0924. The van der Waals surface area contributed by atoms with Crippen molar-refractivity contribution in [3.8, 4) is 0 Å². The summed E-state index contributed by atoms with van der Waals surface area (Å²) in [6.07, 6.45) is 2.21. The molecular formula is C13H17ClN2O. The fourth-order valence-corrected chi connectivity index (χ4v) is 2.07. The third-order valence-corrected chi connectivity index (χ3v) is 3.58. The lowest BCUT2D eigenvalue weighted by Gasteiger charge is -2.17. The fourth-order valence-electron chi connectivity index (χ4n) is 1.94. The molecule has 4 heteroatoms. The van der Waals surface area contributed by atoms with Gasteiger partial charge < -0.3 is 11.1 Å². The number of hydrogen-bond acceptors (Lipinski definition) is 2. The van der Waals surface area contributed by atoms with Gasteiger partial charge in [-0.1, -0.05) is 23.7 Å². The number of rotatable bonds is 4. The lowest BCUT2D eigenvalue weighted by molar-refractivity contribution is -0.122.